The number of piperazine rings is 1. The normalized spacial score (nSPS) is 14.4. The maximum atomic E-state index is 13.3. The van der Waals surface area contributed by atoms with Crippen LogP contribution in [-0.2, 0) is 11.3 Å². The quantitative estimate of drug-likeness (QED) is 0.678. The summed E-state index contributed by atoms with van der Waals surface area (Å²) in [4.78, 5) is 28.6. The second kappa shape index (κ2) is 8.03. The third-order valence-electron chi connectivity index (χ3n) is 5.42. The number of rotatable bonds is 4. The maximum Gasteiger partial charge on any atom is 0.409 e. The first-order valence-electron chi connectivity index (χ1n) is 9.90. The van der Waals surface area contributed by atoms with E-state index < -0.39 is 0 Å². The van der Waals surface area contributed by atoms with Gasteiger partial charge in [-0.05, 0) is 25.0 Å². The zero-order valence-corrected chi connectivity index (χ0v) is 16.8. The van der Waals surface area contributed by atoms with E-state index in [9.17, 15) is 9.59 Å². The van der Waals surface area contributed by atoms with E-state index in [0.717, 1.165) is 11.1 Å². The van der Waals surface area contributed by atoms with Crippen LogP contribution in [0.3, 0.4) is 0 Å². The van der Waals surface area contributed by atoms with Crippen molar-refractivity contribution in [1.29, 1.82) is 0 Å². The van der Waals surface area contributed by atoms with Gasteiger partial charge in [0.05, 0.1) is 18.4 Å². The Morgan fingerprint density at radius 3 is 2.52 bits per heavy atom. The predicted molar refractivity (Wildman–Crippen MR) is 109 cm³/mol. The fourth-order valence-electron chi connectivity index (χ4n) is 3.75. The van der Waals surface area contributed by atoms with Gasteiger partial charge in [0.2, 0.25) is 0 Å². The zero-order chi connectivity index (χ0) is 20.4. The van der Waals surface area contributed by atoms with E-state index in [1.807, 2.05) is 28.8 Å². The summed E-state index contributed by atoms with van der Waals surface area (Å²) in [6, 6.07) is 11.9. The fourth-order valence-corrected chi connectivity index (χ4v) is 3.75. The molecule has 4 rings (SSSR count). The number of ether oxygens (including phenoxy) is 1. The molecule has 1 saturated heterocycles. The van der Waals surface area contributed by atoms with Gasteiger partial charge >= 0.3 is 6.09 Å². The summed E-state index contributed by atoms with van der Waals surface area (Å²) in [5.74, 6) is -0.0477. The lowest BCUT2D eigenvalue weighted by Gasteiger charge is -2.34. The van der Waals surface area contributed by atoms with Crippen LogP contribution in [0.2, 0.25) is 0 Å². The van der Waals surface area contributed by atoms with Gasteiger partial charge in [-0.25, -0.2) is 4.79 Å². The second-order valence-corrected chi connectivity index (χ2v) is 7.19. The Morgan fingerprint density at radius 2 is 1.79 bits per heavy atom. The molecule has 1 aliphatic rings. The molecular formula is C22H25N3O4. The molecule has 0 aliphatic carbocycles. The van der Waals surface area contributed by atoms with Gasteiger partial charge in [0.15, 0.2) is 5.58 Å². The standard InChI is InChI=1S/C22H25N3O4/c1-3-28-22(27)24-11-9-23(10-12-24)21(26)19-14-20-18(8-13-29-20)25(19)15-17-7-5-4-6-16(17)2/h4-8,13-14H,3,9-12,15H2,1-2H3. The lowest BCUT2D eigenvalue weighted by molar-refractivity contribution is 0.0563. The summed E-state index contributed by atoms with van der Waals surface area (Å²) in [6.45, 7) is 6.71. The number of fused-ring (bicyclic) bond motifs is 1. The number of furan rings is 1. The first kappa shape index (κ1) is 19.1. The van der Waals surface area contributed by atoms with Gasteiger partial charge < -0.3 is 23.5 Å². The topological polar surface area (TPSA) is 67.9 Å². The summed E-state index contributed by atoms with van der Waals surface area (Å²) in [7, 11) is 0. The molecule has 1 aliphatic heterocycles. The molecule has 1 aromatic carbocycles. The Balaban J connectivity index is 1.56. The summed E-state index contributed by atoms with van der Waals surface area (Å²) in [5.41, 5.74) is 4.55. The number of nitrogens with zero attached hydrogens (tertiary/aromatic N) is 3. The van der Waals surface area contributed by atoms with E-state index in [1.165, 1.54) is 5.56 Å². The van der Waals surface area contributed by atoms with Crippen LogP contribution in [0.4, 0.5) is 4.79 Å². The van der Waals surface area contributed by atoms with Crippen LogP contribution in [0.15, 0.2) is 47.1 Å². The minimum atomic E-state index is -0.319. The summed E-state index contributed by atoms with van der Waals surface area (Å²) < 4.78 is 12.6. The lowest BCUT2D eigenvalue weighted by atomic mass is 10.1. The Kier molecular flexibility index (Phi) is 5.29. The van der Waals surface area contributed by atoms with Crippen molar-refractivity contribution in [3.05, 3.63) is 59.5 Å². The molecule has 3 heterocycles. The van der Waals surface area contributed by atoms with Crippen LogP contribution in [0.5, 0.6) is 0 Å². The smallest absolute Gasteiger partial charge is 0.409 e. The van der Waals surface area contributed by atoms with Crippen molar-refractivity contribution in [3.8, 4) is 0 Å². The third kappa shape index (κ3) is 3.72. The molecular weight excluding hydrogens is 370 g/mol. The molecule has 0 unspecified atom stereocenters. The number of hydrogen-bond acceptors (Lipinski definition) is 4. The number of amides is 2. The van der Waals surface area contributed by atoms with E-state index >= 15 is 0 Å². The van der Waals surface area contributed by atoms with Crippen molar-refractivity contribution in [2.45, 2.75) is 20.4 Å². The molecule has 7 heteroatoms. The molecule has 3 aromatic rings. The van der Waals surface area contributed by atoms with Gasteiger partial charge in [0.1, 0.15) is 5.69 Å². The lowest BCUT2D eigenvalue weighted by Crippen LogP contribution is -2.51. The Hall–Kier alpha value is -3.22. The fraction of sp³-hybridized carbons (Fsp3) is 0.364. The molecule has 152 valence electrons. The molecule has 0 saturated carbocycles. The monoisotopic (exact) mass is 395 g/mol. The summed E-state index contributed by atoms with van der Waals surface area (Å²) in [5, 5.41) is 0. The molecule has 0 bridgehead atoms. The Morgan fingerprint density at radius 1 is 1.07 bits per heavy atom. The molecule has 2 aromatic heterocycles. The highest BCUT2D eigenvalue weighted by Gasteiger charge is 2.28. The number of hydrogen-bond donors (Lipinski definition) is 0. The summed E-state index contributed by atoms with van der Waals surface area (Å²) in [6.07, 6.45) is 1.32. The number of carbonyl (C=O) groups is 2. The van der Waals surface area contributed by atoms with Crippen molar-refractivity contribution in [3.63, 3.8) is 0 Å². The van der Waals surface area contributed by atoms with Crippen LogP contribution in [0.25, 0.3) is 11.1 Å². The van der Waals surface area contributed by atoms with Gasteiger partial charge in [-0.3, -0.25) is 4.79 Å². The van der Waals surface area contributed by atoms with Gasteiger partial charge in [0, 0.05) is 44.9 Å². The number of aryl methyl sites for hydroxylation is 1. The van der Waals surface area contributed by atoms with Crippen molar-refractivity contribution < 1.29 is 18.7 Å². The third-order valence-corrected chi connectivity index (χ3v) is 5.42. The number of aromatic nitrogens is 1. The van der Waals surface area contributed by atoms with Crippen LogP contribution in [0, 0.1) is 6.92 Å². The first-order chi connectivity index (χ1) is 14.1. The highest BCUT2D eigenvalue weighted by Crippen LogP contribution is 2.25. The largest absolute Gasteiger partial charge is 0.463 e. The predicted octanol–water partition coefficient (Wildman–Crippen LogP) is 3.51. The molecule has 1 fully saturated rings. The molecule has 0 N–H and O–H groups in total. The number of carbonyl (C=O) groups excluding carboxylic acids is 2. The molecule has 2 amide bonds. The van der Waals surface area contributed by atoms with Gasteiger partial charge in [-0.15, -0.1) is 0 Å². The highest BCUT2D eigenvalue weighted by atomic mass is 16.6. The van der Waals surface area contributed by atoms with E-state index in [-0.39, 0.29) is 12.0 Å². The molecule has 0 radical (unpaired) electrons. The van der Waals surface area contributed by atoms with Gasteiger partial charge in [-0.1, -0.05) is 24.3 Å². The first-order valence-corrected chi connectivity index (χ1v) is 9.90. The molecule has 7 nitrogen and oxygen atoms in total. The molecule has 0 spiro atoms. The van der Waals surface area contributed by atoms with Crippen molar-refractivity contribution >= 4 is 23.1 Å². The second-order valence-electron chi connectivity index (χ2n) is 7.19. The Labute approximate surface area is 169 Å². The zero-order valence-electron chi connectivity index (χ0n) is 16.8. The van der Waals surface area contributed by atoms with Crippen molar-refractivity contribution in [2.24, 2.45) is 0 Å². The maximum absolute atomic E-state index is 13.3. The van der Waals surface area contributed by atoms with Crippen LogP contribution >= 0.6 is 0 Å². The minimum absolute atomic E-state index is 0.0477. The Bertz CT molecular complexity index is 1030. The average Bonchev–Trinajstić information content (AvgIpc) is 3.32. The van der Waals surface area contributed by atoms with Crippen molar-refractivity contribution in [1.82, 2.24) is 14.4 Å². The van der Waals surface area contributed by atoms with E-state index in [4.69, 9.17) is 9.15 Å². The van der Waals surface area contributed by atoms with E-state index in [2.05, 4.69) is 19.1 Å². The SMILES string of the molecule is CCOC(=O)N1CCN(C(=O)c2cc3occc3n2Cc2ccccc2C)CC1. The highest BCUT2D eigenvalue weighted by molar-refractivity contribution is 5.97. The number of benzene rings is 1. The molecule has 0 atom stereocenters. The van der Waals surface area contributed by atoms with Gasteiger partial charge in [-0.2, -0.15) is 0 Å². The average molecular weight is 395 g/mol. The van der Waals surface area contributed by atoms with Crippen LogP contribution in [-0.4, -0.2) is 59.2 Å². The van der Waals surface area contributed by atoms with Crippen molar-refractivity contribution in [2.75, 3.05) is 32.8 Å². The van der Waals surface area contributed by atoms with E-state index in [0.29, 0.717) is 50.6 Å². The van der Waals surface area contributed by atoms with Crippen LogP contribution in [0.1, 0.15) is 28.5 Å². The van der Waals surface area contributed by atoms with E-state index in [1.54, 1.807) is 23.0 Å². The van der Waals surface area contributed by atoms with Crippen LogP contribution < -0.4 is 0 Å². The minimum Gasteiger partial charge on any atom is -0.463 e. The molecule has 29 heavy (non-hydrogen) atoms. The summed E-state index contributed by atoms with van der Waals surface area (Å²) >= 11 is 0. The van der Waals surface area contributed by atoms with Gasteiger partial charge in [0.25, 0.3) is 5.91 Å².